The molecule has 0 radical (unpaired) electrons. The van der Waals surface area contributed by atoms with Gasteiger partial charge >= 0.3 is 0 Å². The monoisotopic (exact) mass is 141 g/mol. The number of aliphatic imine (C=N–C) groups is 1. The molecule has 0 heterocycles. The van der Waals surface area contributed by atoms with Crippen molar-refractivity contribution in [1.82, 2.24) is 0 Å². The molecule has 0 amide bonds. The highest BCUT2D eigenvalue weighted by Crippen LogP contribution is 2.31. The minimum atomic E-state index is 0.155. The summed E-state index contributed by atoms with van der Waals surface area (Å²) in [6.45, 7) is 2.15. The molecule has 0 aliphatic heterocycles. The normalized spacial score (nSPS) is 23.2. The van der Waals surface area contributed by atoms with Gasteiger partial charge in [-0.15, -0.1) is 0 Å². The predicted molar refractivity (Wildman–Crippen MR) is 41.9 cm³/mol. The van der Waals surface area contributed by atoms with E-state index in [1.54, 1.807) is 0 Å². The highest BCUT2D eigenvalue weighted by atomic mass is 32.1. The molecule has 0 N–H and O–H groups in total. The summed E-state index contributed by atoms with van der Waals surface area (Å²) in [6.07, 6.45) is 4.99. The van der Waals surface area contributed by atoms with Crippen molar-refractivity contribution in [2.24, 2.45) is 4.99 Å². The smallest absolute Gasteiger partial charge is 0.0683 e. The van der Waals surface area contributed by atoms with Crippen molar-refractivity contribution in [3.05, 3.63) is 0 Å². The summed E-state index contributed by atoms with van der Waals surface area (Å²) in [5.41, 5.74) is 0.155. The van der Waals surface area contributed by atoms with Gasteiger partial charge in [0.1, 0.15) is 0 Å². The summed E-state index contributed by atoms with van der Waals surface area (Å²) in [5.74, 6) is 0. The second-order valence-electron chi connectivity index (χ2n) is 2.91. The van der Waals surface area contributed by atoms with Crippen LogP contribution in [0.25, 0.3) is 0 Å². The summed E-state index contributed by atoms with van der Waals surface area (Å²) >= 11 is 4.54. The molecule has 0 atom stereocenters. The number of thiocarbonyl (C=S) groups is 1. The first kappa shape index (κ1) is 6.91. The Kier molecular flexibility index (Phi) is 1.99. The van der Waals surface area contributed by atoms with E-state index in [0.717, 1.165) is 0 Å². The zero-order chi connectivity index (χ0) is 6.74. The van der Waals surface area contributed by atoms with Gasteiger partial charge < -0.3 is 0 Å². The molecular formula is C7H11NS. The molecule has 1 nitrogen and oxygen atoms in total. The number of isothiocyanates is 1. The molecule has 1 rings (SSSR count). The van der Waals surface area contributed by atoms with Gasteiger partial charge in [-0.25, -0.2) is 4.99 Å². The van der Waals surface area contributed by atoms with Crippen LogP contribution in [0, 0.1) is 0 Å². The molecule has 1 fully saturated rings. The van der Waals surface area contributed by atoms with E-state index in [1.165, 1.54) is 25.7 Å². The van der Waals surface area contributed by atoms with E-state index in [0.29, 0.717) is 0 Å². The molecule has 2 heteroatoms. The van der Waals surface area contributed by atoms with Crippen LogP contribution >= 0.6 is 12.2 Å². The third kappa shape index (κ3) is 1.60. The standard InChI is InChI=1S/C7H11NS/c1-7(8-6-9)4-2-3-5-7/h2-5H2,1H3. The van der Waals surface area contributed by atoms with E-state index in [9.17, 15) is 0 Å². The van der Waals surface area contributed by atoms with Crippen LogP contribution in [0.1, 0.15) is 32.6 Å². The van der Waals surface area contributed by atoms with Gasteiger partial charge in [0, 0.05) is 0 Å². The first-order valence-electron chi connectivity index (χ1n) is 3.36. The van der Waals surface area contributed by atoms with Gasteiger partial charge in [-0.05, 0) is 32.0 Å². The molecule has 0 aromatic carbocycles. The lowest BCUT2D eigenvalue weighted by atomic mass is 10.0. The maximum Gasteiger partial charge on any atom is 0.0683 e. The lowest BCUT2D eigenvalue weighted by molar-refractivity contribution is 0.494. The maximum atomic E-state index is 4.54. The Morgan fingerprint density at radius 2 is 2.00 bits per heavy atom. The van der Waals surface area contributed by atoms with Crippen molar-refractivity contribution in [3.63, 3.8) is 0 Å². The fraction of sp³-hybridized carbons (Fsp3) is 0.857. The molecule has 1 saturated carbocycles. The molecule has 50 valence electrons. The number of hydrogen-bond acceptors (Lipinski definition) is 2. The largest absolute Gasteiger partial charge is 0.226 e. The highest BCUT2D eigenvalue weighted by molar-refractivity contribution is 7.78. The Labute approximate surface area is 61.2 Å². The van der Waals surface area contributed by atoms with E-state index < -0.39 is 0 Å². The summed E-state index contributed by atoms with van der Waals surface area (Å²) in [6, 6.07) is 0. The number of hydrogen-bond donors (Lipinski definition) is 0. The summed E-state index contributed by atoms with van der Waals surface area (Å²) in [7, 11) is 0. The molecule has 0 unspecified atom stereocenters. The Bertz CT molecular complexity index is 141. The van der Waals surface area contributed by atoms with Crippen LogP contribution in [-0.2, 0) is 0 Å². The molecule has 0 aromatic heterocycles. The van der Waals surface area contributed by atoms with Crippen LogP contribution in [0.2, 0.25) is 0 Å². The van der Waals surface area contributed by atoms with Gasteiger partial charge in [-0.1, -0.05) is 12.8 Å². The van der Waals surface area contributed by atoms with E-state index >= 15 is 0 Å². The van der Waals surface area contributed by atoms with Gasteiger partial charge in [0.15, 0.2) is 0 Å². The van der Waals surface area contributed by atoms with Gasteiger partial charge in [0.25, 0.3) is 0 Å². The Morgan fingerprint density at radius 3 is 2.44 bits per heavy atom. The molecule has 9 heavy (non-hydrogen) atoms. The average molecular weight is 141 g/mol. The third-order valence-corrected chi connectivity index (χ3v) is 2.09. The van der Waals surface area contributed by atoms with Crippen molar-refractivity contribution in [3.8, 4) is 0 Å². The number of nitrogens with zero attached hydrogens (tertiary/aromatic N) is 1. The van der Waals surface area contributed by atoms with Crippen molar-refractivity contribution >= 4 is 17.4 Å². The van der Waals surface area contributed by atoms with Crippen LogP contribution in [0.15, 0.2) is 4.99 Å². The predicted octanol–water partition coefficient (Wildman–Crippen LogP) is 2.42. The van der Waals surface area contributed by atoms with Crippen molar-refractivity contribution in [2.45, 2.75) is 38.1 Å². The molecule has 0 saturated heterocycles. The topological polar surface area (TPSA) is 12.4 Å². The fourth-order valence-corrected chi connectivity index (χ4v) is 1.58. The van der Waals surface area contributed by atoms with Crippen molar-refractivity contribution < 1.29 is 0 Å². The second-order valence-corrected chi connectivity index (χ2v) is 3.09. The van der Waals surface area contributed by atoms with E-state index in [1.807, 2.05) is 0 Å². The maximum absolute atomic E-state index is 4.54. The van der Waals surface area contributed by atoms with E-state index in [-0.39, 0.29) is 5.54 Å². The van der Waals surface area contributed by atoms with Crippen LogP contribution in [0.3, 0.4) is 0 Å². The molecular weight excluding hydrogens is 130 g/mol. The minimum absolute atomic E-state index is 0.155. The summed E-state index contributed by atoms with van der Waals surface area (Å²) in [5, 5.41) is 2.46. The second kappa shape index (κ2) is 2.59. The molecule has 0 spiro atoms. The van der Waals surface area contributed by atoms with Crippen LogP contribution in [0.4, 0.5) is 0 Å². The molecule has 1 aliphatic rings. The lowest BCUT2D eigenvalue weighted by Gasteiger charge is -2.13. The third-order valence-electron chi connectivity index (χ3n) is 2.00. The van der Waals surface area contributed by atoms with Crippen molar-refractivity contribution in [1.29, 1.82) is 0 Å². The first-order valence-corrected chi connectivity index (χ1v) is 3.77. The summed E-state index contributed by atoms with van der Waals surface area (Å²) in [4.78, 5) is 4.12. The van der Waals surface area contributed by atoms with E-state index in [4.69, 9.17) is 0 Å². The molecule has 0 bridgehead atoms. The van der Waals surface area contributed by atoms with Crippen molar-refractivity contribution in [2.75, 3.05) is 0 Å². The van der Waals surface area contributed by atoms with Crippen LogP contribution < -0.4 is 0 Å². The Hall–Kier alpha value is -0.200. The zero-order valence-corrected chi connectivity index (χ0v) is 6.50. The SMILES string of the molecule is CC1(N=C=S)CCCC1. The zero-order valence-electron chi connectivity index (χ0n) is 5.68. The van der Waals surface area contributed by atoms with Gasteiger partial charge in [-0.3, -0.25) is 0 Å². The lowest BCUT2D eigenvalue weighted by Crippen LogP contribution is -2.14. The molecule has 0 aromatic rings. The quantitative estimate of drug-likeness (QED) is 0.403. The average Bonchev–Trinajstić information content (AvgIpc) is 2.16. The van der Waals surface area contributed by atoms with Crippen LogP contribution in [0.5, 0.6) is 0 Å². The Morgan fingerprint density at radius 1 is 1.44 bits per heavy atom. The Balaban J connectivity index is 2.61. The molecule has 1 aliphatic carbocycles. The van der Waals surface area contributed by atoms with E-state index in [2.05, 4.69) is 29.3 Å². The highest BCUT2D eigenvalue weighted by Gasteiger charge is 2.26. The fourth-order valence-electron chi connectivity index (χ4n) is 1.36. The van der Waals surface area contributed by atoms with Crippen LogP contribution in [-0.4, -0.2) is 10.7 Å². The first-order chi connectivity index (χ1) is 4.27. The van der Waals surface area contributed by atoms with Gasteiger partial charge in [-0.2, -0.15) is 0 Å². The number of rotatable bonds is 1. The minimum Gasteiger partial charge on any atom is -0.226 e. The van der Waals surface area contributed by atoms with Gasteiger partial charge in [0.2, 0.25) is 0 Å². The summed E-state index contributed by atoms with van der Waals surface area (Å²) < 4.78 is 0. The van der Waals surface area contributed by atoms with Gasteiger partial charge in [0.05, 0.1) is 10.7 Å².